The molecule has 2 aromatic carbocycles. The Morgan fingerprint density at radius 1 is 0.800 bits per heavy atom. The van der Waals surface area contributed by atoms with Crippen LogP contribution in [0.4, 0.5) is 0 Å². The Kier molecular flexibility index (Phi) is 6.28. The first kappa shape index (κ1) is 14.8. The average molecular weight is 268 g/mol. The van der Waals surface area contributed by atoms with Gasteiger partial charge in [-0.2, -0.15) is 0 Å². The van der Waals surface area contributed by atoms with Crippen LogP contribution in [0.3, 0.4) is 0 Å². The molecule has 0 saturated heterocycles. The quantitative estimate of drug-likeness (QED) is 0.564. The molecule has 0 aliphatic heterocycles. The number of benzene rings is 2. The molecule has 2 N–H and O–H groups in total. The Balaban J connectivity index is 1.92. The zero-order valence-corrected chi connectivity index (χ0v) is 12.2. The maximum atomic E-state index is 3.31. The second kappa shape index (κ2) is 8.51. The van der Waals surface area contributed by atoms with E-state index in [0.717, 1.165) is 19.5 Å². The summed E-state index contributed by atoms with van der Waals surface area (Å²) in [4.78, 5) is 0. The van der Waals surface area contributed by atoms with Gasteiger partial charge in [-0.1, -0.05) is 67.9 Å². The Bertz CT molecular complexity index is 494. The van der Waals surface area contributed by atoms with E-state index in [0.29, 0.717) is 0 Å². The Morgan fingerprint density at radius 3 is 2.25 bits per heavy atom. The van der Waals surface area contributed by atoms with Crippen molar-refractivity contribution in [3.05, 3.63) is 71.3 Å². The van der Waals surface area contributed by atoms with Crippen molar-refractivity contribution >= 4 is 0 Å². The van der Waals surface area contributed by atoms with Crippen LogP contribution in [0.15, 0.2) is 54.6 Å². The van der Waals surface area contributed by atoms with Crippen molar-refractivity contribution in [1.29, 1.82) is 0 Å². The molecule has 0 aliphatic carbocycles. The zero-order chi connectivity index (χ0) is 14.0. The second-order valence-corrected chi connectivity index (χ2v) is 5.06. The minimum absolute atomic E-state index is 0.868. The van der Waals surface area contributed by atoms with Crippen LogP contribution in [0.25, 0.3) is 0 Å². The second-order valence-electron chi connectivity index (χ2n) is 5.06. The highest BCUT2D eigenvalue weighted by Gasteiger charge is 2.02. The van der Waals surface area contributed by atoms with Crippen LogP contribution in [-0.4, -0.2) is 6.54 Å². The molecular formula is C18H24N2. The lowest BCUT2D eigenvalue weighted by atomic mass is 10.00. The molecule has 0 atom stereocenters. The molecule has 0 heterocycles. The van der Waals surface area contributed by atoms with E-state index >= 15 is 0 Å². The van der Waals surface area contributed by atoms with Gasteiger partial charge in [-0.15, -0.1) is 0 Å². The minimum Gasteiger partial charge on any atom is -0.258 e. The Labute approximate surface area is 122 Å². The molecule has 0 saturated carbocycles. The summed E-state index contributed by atoms with van der Waals surface area (Å²) in [6.45, 7) is 4.10. The molecule has 2 aromatic rings. The molecule has 0 aromatic heterocycles. The van der Waals surface area contributed by atoms with Gasteiger partial charge in [0, 0.05) is 13.1 Å². The highest BCUT2D eigenvalue weighted by Crippen LogP contribution is 2.14. The van der Waals surface area contributed by atoms with Crippen molar-refractivity contribution in [2.24, 2.45) is 0 Å². The van der Waals surface area contributed by atoms with Gasteiger partial charge in [0.1, 0.15) is 0 Å². The van der Waals surface area contributed by atoms with Crippen molar-refractivity contribution < 1.29 is 0 Å². The van der Waals surface area contributed by atoms with E-state index in [1.165, 1.54) is 29.5 Å². The minimum atomic E-state index is 0.868. The van der Waals surface area contributed by atoms with Crippen LogP contribution >= 0.6 is 0 Å². The fourth-order valence-corrected chi connectivity index (χ4v) is 2.23. The third-order valence-corrected chi connectivity index (χ3v) is 3.41. The van der Waals surface area contributed by atoms with E-state index < -0.39 is 0 Å². The van der Waals surface area contributed by atoms with E-state index in [-0.39, 0.29) is 0 Å². The fourth-order valence-electron chi connectivity index (χ4n) is 2.23. The van der Waals surface area contributed by atoms with Crippen LogP contribution in [0.2, 0.25) is 0 Å². The van der Waals surface area contributed by atoms with E-state index in [9.17, 15) is 0 Å². The van der Waals surface area contributed by atoms with Crippen LogP contribution < -0.4 is 10.9 Å². The topological polar surface area (TPSA) is 24.1 Å². The standard InChI is InChI=1S/C18H24N2/c1-2-3-13-19-20-15-18-12-8-7-11-17(18)14-16-9-5-4-6-10-16/h4-12,19-20H,2-3,13-15H2,1H3. The Morgan fingerprint density at radius 2 is 1.50 bits per heavy atom. The summed E-state index contributed by atoms with van der Waals surface area (Å²) in [5.74, 6) is 0. The van der Waals surface area contributed by atoms with Gasteiger partial charge in [0.25, 0.3) is 0 Å². The van der Waals surface area contributed by atoms with E-state index in [1.54, 1.807) is 0 Å². The van der Waals surface area contributed by atoms with Crippen molar-refractivity contribution in [3.63, 3.8) is 0 Å². The highest BCUT2D eigenvalue weighted by atomic mass is 15.3. The first-order valence-corrected chi connectivity index (χ1v) is 7.46. The number of hydrogen-bond donors (Lipinski definition) is 2. The summed E-state index contributed by atoms with van der Waals surface area (Å²) in [6, 6.07) is 19.3. The van der Waals surface area contributed by atoms with E-state index in [4.69, 9.17) is 0 Å². The number of hydrazine groups is 1. The van der Waals surface area contributed by atoms with Gasteiger partial charge in [0.2, 0.25) is 0 Å². The molecule has 0 amide bonds. The summed E-state index contributed by atoms with van der Waals surface area (Å²) < 4.78 is 0. The highest BCUT2D eigenvalue weighted by molar-refractivity contribution is 5.32. The van der Waals surface area contributed by atoms with Gasteiger partial charge in [-0.3, -0.25) is 10.9 Å². The zero-order valence-electron chi connectivity index (χ0n) is 12.2. The third kappa shape index (κ3) is 4.80. The molecule has 20 heavy (non-hydrogen) atoms. The molecule has 0 radical (unpaired) electrons. The molecule has 2 heteroatoms. The van der Waals surface area contributed by atoms with Crippen molar-refractivity contribution in [1.82, 2.24) is 10.9 Å². The molecule has 0 aliphatic rings. The number of rotatable bonds is 8. The van der Waals surface area contributed by atoms with Gasteiger partial charge in [-0.05, 0) is 29.5 Å². The van der Waals surface area contributed by atoms with Gasteiger partial charge in [0.05, 0.1) is 0 Å². The summed E-state index contributed by atoms with van der Waals surface area (Å²) in [5.41, 5.74) is 10.7. The van der Waals surface area contributed by atoms with Gasteiger partial charge < -0.3 is 0 Å². The molecular weight excluding hydrogens is 244 g/mol. The molecule has 0 unspecified atom stereocenters. The molecule has 0 spiro atoms. The molecule has 2 rings (SSSR count). The lowest BCUT2D eigenvalue weighted by Crippen LogP contribution is -2.32. The number of hydrogen-bond acceptors (Lipinski definition) is 2. The van der Waals surface area contributed by atoms with Gasteiger partial charge in [-0.25, -0.2) is 0 Å². The lowest BCUT2D eigenvalue weighted by molar-refractivity contribution is 0.515. The average Bonchev–Trinajstić information content (AvgIpc) is 2.50. The fraction of sp³-hybridized carbons (Fsp3) is 0.333. The van der Waals surface area contributed by atoms with E-state index in [2.05, 4.69) is 72.4 Å². The Hall–Kier alpha value is -1.64. The summed E-state index contributed by atoms with van der Waals surface area (Å²) >= 11 is 0. The normalized spacial score (nSPS) is 10.7. The summed E-state index contributed by atoms with van der Waals surface area (Å²) in [5, 5.41) is 0. The SMILES string of the molecule is CCCCNNCc1ccccc1Cc1ccccc1. The maximum absolute atomic E-state index is 3.31. The number of unbranched alkanes of at least 4 members (excludes halogenated alkanes) is 1. The summed E-state index contributed by atoms with van der Waals surface area (Å²) in [6.07, 6.45) is 3.42. The predicted octanol–water partition coefficient (Wildman–Crippen LogP) is 3.67. The molecule has 2 nitrogen and oxygen atoms in total. The lowest BCUT2D eigenvalue weighted by Gasteiger charge is -2.11. The first-order chi connectivity index (χ1) is 9.90. The molecule has 0 fully saturated rings. The van der Waals surface area contributed by atoms with Crippen molar-refractivity contribution in [2.75, 3.05) is 6.54 Å². The third-order valence-electron chi connectivity index (χ3n) is 3.41. The van der Waals surface area contributed by atoms with Crippen LogP contribution in [0.5, 0.6) is 0 Å². The van der Waals surface area contributed by atoms with Crippen LogP contribution in [0.1, 0.15) is 36.5 Å². The smallest absolute Gasteiger partial charge is 0.0353 e. The first-order valence-electron chi connectivity index (χ1n) is 7.46. The van der Waals surface area contributed by atoms with E-state index in [1.807, 2.05) is 0 Å². The van der Waals surface area contributed by atoms with Crippen molar-refractivity contribution in [2.45, 2.75) is 32.7 Å². The van der Waals surface area contributed by atoms with Crippen molar-refractivity contribution in [3.8, 4) is 0 Å². The van der Waals surface area contributed by atoms with Gasteiger partial charge in [0.15, 0.2) is 0 Å². The number of nitrogens with one attached hydrogen (secondary N) is 2. The van der Waals surface area contributed by atoms with Crippen LogP contribution in [0, 0.1) is 0 Å². The largest absolute Gasteiger partial charge is 0.258 e. The molecule has 106 valence electrons. The monoisotopic (exact) mass is 268 g/mol. The summed E-state index contributed by atoms with van der Waals surface area (Å²) in [7, 11) is 0. The maximum Gasteiger partial charge on any atom is 0.0353 e. The predicted molar refractivity (Wildman–Crippen MR) is 85.4 cm³/mol. The molecule has 0 bridgehead atoms. The van der Waals surface area contributed by atoms with Crippen LogP contribution in [-0.2, 0) is 13.0 Å². The van der Waals surface area contributed by atoms with Gasteiger partial charge >= 0.3 is 0 Å².